The van der Waals surface area contributed by atoms with Crippen LogP contribution in [0, 0.1) is 11.3 Å². The van der Waals surface area contributed by atoms with E-state index in [1.54, 1.807) is 0 Å². The van der Waals surface area contributed by atoms with Gasteiger partial charge in [-0.15, -0.1) is 0 Å². The van der Waals surface area contributed by atoms with Crippen molar-refractivity contribution in [3.8, 4) is 6.07 Å². The van der Waals surface area contributed by atoms with Crippen molar-refractivity contribution in [2.24, 2.45) is 0 Å². The third-order valence-corrected chi connectivity index (χ3v) is 7.86. The van der Waals surface area contributed by atoms with Crippen LogP contribution in [0.4, 0.5) is 5.82 Å². The number of likely N-dealkylation sites (N-methyl/N-ethyl adjacent to an activating group) is 2. The summed E-state index contributed by atoms with van der Waals surface area (Å²) < 4.78 is 0.956. The molecular weight excluding hydrogens is 490 g/mol. The molecule has 1 fully saturated rings. The van der Waals surface area contributed by atoms with E-state index < -0.39 is 0 Å². The number of nitrogens with zero attached hydrogens (tertiary/aromatic N) is 4. The first kappa shape index (κ1) is 24.4. The molecule has 2 aliphatic carbocycles. The van der Waals surface area contributed by atoms with E-state index in [1.807, 2.05) is 54.6 Å². The fraction of sp³-hybridized carbons (Fsp3) is 0.444. The summed E-state index contributed by atoms with van der Waals surface area (Å²) in [4.78, 5) is 21.4. The number of allylic oxidation sites excluding steroid dienone is 1. The number of carbonyl (C=O) groups is 1. The Morgan fingerprint density at radius 1 is 1.18 bits per heavy atom. The SMILES string of the molecule is CN(CCN(C)C1CCC(Nc2ncc3c(c2Br)C=C(C#N)C3)CC1)C(=O)Cc1ccccc1. The highest BCUT2D eigenvalue weighted by Gasteiger charge is 2.26. The molecule has 2 aromatic rings. The van der Waals surface area contributed by atoms with E-state index >= 15 is 0 Å². The van der Waals surface area contributed by atoms with Crippen molar-refractivity contribution in [3.05, 3.63) is 63.3 Å². The standard InChI is InChI=1S/C27H32BrN5O/c1-32(12-13-33(2)25(34)16-19-6-4-3-5-7-19)23-10-8-22(9-11-23)31-27-26(28)24-15-20(17-29)14-21(24)18-30-27/h3-7,15,18,22-23H,8-14,16H2,1-2H3,(H,30,31). The smallest absolute Gasteiger partial charge is 0.226 e. The Bertz CT molecular complexity index is 1090. The van der Waals surface area contributed by atoms with E-state index in [0.717, 1.165) is 71.3 Å². The van der Waals surface area contributed by atoms with E-state index in [2.05, 4.69) is 44.2 Å². The van der Waals surface area contributed by atoms with Crippen LogP contribution >= 0.6 is 15.9 Å². The van der Waals surface area contributed by atoms with Gasteiger partial charge < -0.3 is 15.1 Å². The number of hydrogen-bond donors (Lipinski definition) is 1. The van der Waals surface area contributed by atoms with Crippen LogP contribution in [-0.2, 0) is 17.6 Å². The summed E-state index contributed by atoms with van der Waals surface area (Å²) in [5.74, 6) is 1.03. The first-order chi connectivity index (χ1) is 16.4. The Hall–Kier alpha value is -2.69. The maximum atomic E-state index is 12.5. The zero-order valence-electron chi connectivity index (χ0n) is 19.9. The number of halogens is 1. The molecule has 34 heavy (non-hydrogen) atoms. The van der Waals surface area contributed by atoms with Crippen LogP contribution in [0.25, 0.3) is 6.08 Å². The van der Waals surface area contributed by atoms with Gasteiger partial charge in [0.25, 0.3) is 0 Å². The highest BCUT2D eigenvalue weighted by Crippen LogP contribution is 2.35. The Balaban J connectivity index is 1.22. The summed E-state index contributed by atoms with van der Waals surface area (Å²) in [6.45, 7) is 1.62. The van der Waals surface area contributed by atoms with Gasteiger partial charge in [-0.05, 0) is 71.4 Å². The monoisotopic (exact) mass is 521 g/mol. The predicted molar refractivity (Wildman–Crippen MR) is 139 cm³/mol. The molecule has 1 amide bonds. The van der Waals surface area contributed by atoms with Crippen LogP contribution in [0.1, 0.15) is 42.4 Å². The van der Waals surface area contributed by atoms with Gasteiger partial charge in [-0.1, -0.05) is 30.3 Å². The molecule has 6 nitrogen and oxygen atoms in total. The maximum Gasteiger partial charge on any atom is 0.226 e. The third-order valence-electron chi connectivity index (χ3n) is 7.06. The topological polar surface area (TPSA) is 72.3 Å². The Labute approximate surface area is 210 Å². The number of nitrogens with one attached hydrogen (secondary N) is 1. The Kier molecular flexibility index (Phi) is 8.02. The molecule has 2 aliphatic rings. The average Bonchev–Trinajstić information content (AvgIpc) is 3.29. The van der Waals surface area contributed by atoms with Crippen LogP contribution in [0.2, 0.25) is 0 Å². The molecule has 0 spiro atoms. The van der Waals surface area contributed by atoms with Crippen molar-refractivity contribution in [1.29, 1.82) is 5.26 Å². The van der Waals surface area contributed by atoms with Crippen LogP contribution in [0.5, 0.6) is 0 Å². The van der Waals surface area contributed by atoms with Gasteiger partial charge in [-0.25, -0.2) is 4.98 Å². The zero-order valence-corrected chi connectivity index (χ0v) is 21.5. The molecule has 1 saturated carbocycles. The fourth-order valence-corrected chi connectivity index (χ4v) is 5.40. The molecular formula is C27H32BrN5O. The molecule has 7 heteroatoms. The van der Waals surface area contributed by atoms with Gasteiger partial charge in [0.2, 0.25) is 5.91 Å². The van der Waals surface area contributed by atoms with Gasteiger partial charge >= 0.3 is 0 Å². The van der Waals surface area contributed by atoms with E-state index in [9.17, 15) is 10.1 Å². The molecule has 178 valence electrons. The summed E-state index contributed by atoms with van der Waals surface area (Å²) in [6.07, 6.45) is 9.39. The predicted octanol–water partition coefficient (Wildman–Crippen LogP) is 4.66. The number of anilines is 1. The third kappa shape index (κ3) is 5.86. The van der Waals surface area contributed by atoms with Gasteiger partial charge in [0.15, 0.2) is 0 Å². The van der Waals surface area contributed by atoms with Crippen molar-refractivity contribution < 1.29 is 4.79 Å². The molecule has 0 saturated heterocycles. The average molecular weight is 522 g/mol. The highest BCUT2D eigenvalue weighted by atomic mass is 79.9. The highest BCUT2D eigenvalue weighted by molar-refractivity contribution is 9.10. The second kappa shape index (κ2) is 11.2. The van der Waals surface area contributed by atoms with Gasteiger partial charge in [0.1, 0.15) is 5.82 Å². The van der Waals surface area contributed by atoms with Crippen LogP contribution in [0.15, 0.2) is 46.6 Å². The Morgan fingerprint density at radius 3 is 2.62 bits per heavy atom. The molecule has 4 rings (SSSR count). The lowest BCUT2D eigenvalue weighted by Gasteiger charge is -2.36. The number of aromatic nitrogens is 1. The van der Waals surface area contributed by atoms with Crippen LogP contribution in [-0.4, -0.2) is 60.0 Å². The normalized spacial score (nSPS) is 19.3. The lowest BCUT2D eigenvalue weighted by Crippen LogP contribution is -2.42. The Morgan fingerprint density at radius 2 is 1.91 bits per heavy atom. The molecule has 0 unspecified atom stereocenters. The number of fused-ring (bicyclic) bond motifs is 1. The van der Waals surface area contributed by atoms with Gasteiger partial charge in [-0.3, -0.25) is 4.79 Å². The number of rotatable bonds is 8. The van der Waals surface area contributed by atoms with Crippen LogP contribution < -0.4 is 5.32 Å². The van der Waals surface area contributed by atoms with E-state index in [1.165, 1.54) is 0 Å². The first-order valence-electron chi connectivity index (χ1n) is 12.0. The van der Waals surface area contributed by atoms with Crippen molar-refractivity contribution in [3.63, 3.8) is 0 Å². The van der Waals surface area contributed by atoms with Crippen LogP contribution in [0.3, 0.4) is 0 Å². The van der Waals surface area contributed by atoms with E-state index in [-0.39, 0.29) is 5.91 Å². The van der Waals surface area contributed by atoms with E-state index in [4.69, 9.17) is 0 Å². The number of pyridine rings is 1. The van der Waals surface area contributed by atoms with Gasteiger partial charge in [0.05, 0.1) is 17.0 Å². The minimum atomic E-state index is 0.164. The van der Waals surface area contributed by atoms with Gasteiger partial charge in [0, 0.05) is 50.4 Å². The molecule has 1 aromatic carbocycles. The summed E-state index contributed by atoms with van der Waals surface area (Å²) >= 11 is 3.70. The van der Waals surface area contributed by atoms with Crippen molar-refractivity contribution in [2.75, 3.05) is 32.5 Å². The van der Waals surface area contributed by atoms with Crippen molar-refractivity contribution in [1.82, 2.24) is 14.8 Å². The largest absolute Gasteiger partial charge is 0.366 e. The second-order valence-corrected chi connectivity index (χ2v) is 10.2. The zero-order chi connectivity index (χ0) is 24.1. The minimum absolute atomic E-state index is 0.164. The quantitative estimate of drug-likeness (QED) is 0.546. The summed E-state index contributed by atoms with van der Waals surface area (Å²) in [7, 11) is 4.07. The maximum absolute atomic E-state index is 12.5. The summed E-state index contributed by atoms with van der Waals surface area (Å²) in [5.41, 5.74) is 4.02. The van der Waals surface area contributed by atoms with E-state index in [0.29, 0.717) is 24.9 Å². The molecule has 1 N–H and O–H groups in total. The first-order valence-corrected chi connectivity index (χ1v) is 12.8. The number of hydrogen-bond acceptors (Lipinski definition) is 5. The lowest BCUT2D eigenvalue weighted by atomic mass is 9.90. The number of amides is 1. The number of carbonyl (C=O) groups excluding carboxylic acids is 1. The van der Waals surface area contributed by atoms with Gasteiger partial charge in [-0.2, -0.15) is 5.26 Å². The summed E-state index contributed by atoms with van der Waals surface area (Å²) in [5, 5.41) is 12.8. The number of nitriles is 1. The van der Waals surface area contributed by atoms with Crippen molar-refractivity contribution >= 4 is 33.7 Å². The lowest BCUT2D eigenvalue weighted by molar-refractivity contribution is -0.129. The minimum Gasteiger partial charge on any atom is -0.366 e. The molecule has 0 bridgehead atoms. The molecule has 1 heterocycles. The molecule has 0 radical (unpaired) electrons. The molecule has 0 aliphatic heterocycles. The molecule has 0 atom stereocenters. The second-order valence-electron chi connectivity index (χ2n) is 9.43. The molecule has 1 aromatic heterocycles. The fourth-order valence-electron chi connectivity index (χ4n) is 4.81. The van der Waals surface area contributed by atoms with Crippen molar-refractivity contribution in [2.45, 2.75) is 50.6 Å². The summed E-state index contributed by atoms with van der Waals surface area (Å²) in [6, 6.07) is 13.1. The number of benzene rings is 1.